The van der Waals surface area contributed by atoms with Crippen molar-refractivity contribution in [2.45, 2.75) is 18.4 Å². The molecule has 0 saturated carbocycles. The van der Waals surface area contributed by atoms with E-state index >= 15 is 0 Å². The summed E-state index contributed by atoms with van der Waals surface area (Å²) in [6.45, 7) is 2.15. The Kier molecular flexibility index (Phi) is 4.06. The normalized spacial score (nSPS) is 11.3. The zero-order valence-electron chi connectivity index (χ0n) is 11.4. The summed E-state index contributed by atoms with van der Waals surface area (Å²) in [6.07, 6.45) is 1.56. The van der Waals surface area contributed by atoms with Crippen molar-refractivity contribution in [3.05, 3.63) is 53.7 Å². The van der Waals surface area contributed by atoms with Gasteiger partial charge in [0, 0.05) is 19.8 Å². The van der Waals surface area contributed by atoms with Crippen LogP contribution in [0.25, 0.3) is 0 Å². The third-order valence-corrected chi connectivity index (χ3v) is 5.01. The molecule has 1 aromatic carbocycles. The first-order valence-corrected chi connectivity index (χ1v) is 7.60. The predicted molar refractivity (Wildman–Crippen MR) is 78.9 cm³/mol. The van der Waals surface area contributed by atoms with Gasteiger partial charge >= 0.3 is 0 Å². The van der Waals surface area contributed by atoms with E-state index in [1.165, 1.54) is 11.4 Å². The van der Waals surface area contributed by atoms with Gasteiger partial charge in [-0.15, -0.1) is 0 Å². The minimum atomic E-state index is -3.62. The number of aryl methyl sites for hydroxylation is 1. The number of rotatable bonds is 4. The van der Waals surface area contributed by atoms with E-state index in [2.05, 4.69) is 4.98 Å². The van der Waals surface area contributed by atoms with Gasteiger partial charge in [0.25, 0.3) is 10.0 Å². The molecule has 0 amide bonds. The van der Waals surface area contributed by atoms with Crippen LogP contribution in [0.4, 0.5) is 5.82 Å². The first kappa shape index (κ1) is 14.5. The van der Waals surface area contributed by atoms with Crippen molar-refractivity contribution in [1.82, 2.24) is 4.98 Å². The third kappa shape index (κ3) is 2.66. The summed E-state index contributed by atoms with van der Waals surface area (Å²) in [5, 5.41) is 0. The van der Waals surface area contributed by atoms with Crippen LogP contribution in [0.3, 0.4) is 0 Å². The molecule has 0 fully saturated rings. The fourth-order valence-electron chi connectivity index (χ4n) is 1.94. The van der Waals surface area contributed by atoms with Crippen LogP contribution in [0, 0.1) is 6.92 Å². The van der Waals surface area contributed by atoms with Crippen LogP contribution in [-0.4, -0.2) is 20.4 Å². The van der Waals surface area contributed by atoms with Gasteiger partial charge in [-0.3, -0.25) is 4.31 Å². The van der Waals surface area contributed by atoms with Gasteiger partial charge in [0.15, 0.2) is 0 Å². The molecule has 0 unspecified atom stereocenters. The molecule has 1 heterocycles. The van der Waals surface area contributed by atoms with Gasteiger partial charge in [-0.1, -0.05) is 18.2 Å². The van der Waals surface area contributed by atoms with Gasteiger partial charge in [-0.25, -0.2) is 13.4 Å². The smallest absolute Gasteiger partial charge is 0.265 e. The lowest BCUT2D eigenvalue weighted by molar-refractivity contribution is 0.593. The number of nitrogens with zero attached hydrogens (tertiary/aromatic N) is 2. The summed E-state index contributed by atoms with van der Waals surface area (Å²) in [5.41, 5.74) is 7.14. The van der Waals surface area contributed by atoms with Gasteiger partial charge in [-0.2, -0.15) is 0 Å². The highest BCUT2D eigenvalue weighted by Crippen LogP contribution is 2.23. The lowest BCUT2D eigenvalue weighted by Gasteiger charge is -2.19. The quantitative estimate of drug-likeness (QED) is 0.929. The Balaban J connectivity index is 2.45. The minimum Gasteiger partial charge on any atom is -0.326 e. The summed E-state index contributed by atoms with van der Waals surface area (Å²) in [7, 11) is -2.12. The average molecular weight is 291 g/mol. The van der Waals surface area contributed by atoms with E-state index in [-0.39, 0.29) is 4.90 Å². The summed E-state index contributed by atoms with van der Waals surface area (Å²) < 4.78 is 26.4. The lowest BCUT2D eigenvalue weighted by atomic mass is 10.1. The van der Waals surface area contributed by atoms with Gasteiger partial charge in [0.2, 0.25) is 0 Å². The molecule has 0 aliphatic heterocycles. The number of benzene rings is 1. The van der Waals surface area contributed by atoms with Crippen LogP contribution in [0.5, 0.6) is 0 Å². The molecule has 0 aliphatic rings. The molecule has 2 aromatic rings. The Morgan fingerprint density at radius 2 is 2.00 bits per heavy atom. The van der Waals surface area contributed by atoms with E-state index in [0.29, 0.717) is 17.9 Å². The van der Waals surface area contributed by atoms with Crippen molar-refractivity contribution >= 4 is 15.8 Å². The number of hydrogen-bond acceptors (Lipinski definition) is 4. The van der Waals surface area contributed by atoms with Gasteiger partial charge in [0.1, 0.15) is 5.82 Å². The number of pyridine rings is 1. The molecule has 2 rings (SSSR count). The maximum absolute atomic E-state index is 12.6. The number of nitrogens with two attached hydrogens (primary N) is 1. The molecule has 0 radical (unpaired) electrons. The lowest BCUT2D eigenvalue weighted by Crippen LogP contribution is -2.28. The number of hydrogen-bond donors (Lipinski definition) is 1. The molecule has 0 spiro atoms. The van der Waals surface area contributed by atoms with E-state index in [9.17, 15) is 8.42 Å². The summed E-state index contributed by atoms with van der Waals surface area (Å²) in [4.78, 5) is 4.33. The molecule has 0 aliphatic carbocycles. The van der Waals surface area contributed by atoms with Crippen molar-refractivity contribution in [1.29, 1.82) is 0 Å². The number of anilines is 1. The number of aromatic nitrogens is 1. The molecule has 6 heteroatoms. The Hall–Kier alpha value is -1.92. The molecule has 2 N–H and O–H groups in total. The second-order valence-corrected chi connectivity index (χ2v) is 6.40. The first-order chi connectivity index (χ1) is 9.46. The maximum Gasteiger partial charge on any atom is 0.265 e. The van der Waals surface area contributed by atoms with Crippen LogP contribution < -0.4 is 10.0 Å². The Morgan fingerprint density at radius 3 is 2.55 bits per heavy atom. The van der Waals surface area contributed by atoms with Crippen LogP contribution in [-0.2, 0) is 16.6 Å². The summed E-state index contributed by atoms with van der Waals surface area (Å²) in [6, 6.07) is 10.3. The van der Waals surface area contributed by atoms with Crippen molar-refractivity contribution in [3.63, 3.8) is 0 Å². The van der Waals surface area contributed by atoms with Crippen molar-refractivity contribution in [2.75, 3.05) is 11.4 Å². The molecule has 0 atom stereocenters. The topological polar surface area (TPSA) is 76.3 Å². The SMILES string of the molecule is Cc1cc(CN)ccc1S(=O)(=O)N(C)c1ccccn1. The molecule has 20 heavy (non-hydrogen) atoms. The van der Waals surface area contributed by atoms with Crippen molar-refractivity contribution in [2.24, 2.45) is 5.73 Å². The van der Waals surface area contributed by atoms with Crippen LogP contribution >= 0.6 is 0 Å². The zero-order chi connectivity index (χ0) is 14.8. The summed E-state index contributed by atoms with van der Waals surface area (Å²) in [5.74, 6) is 0.384. The van der Waals surface area contributed by atoms with Gasteiger partial charge < -0.3 is 5.73 Å². The monoisotopic (exact) mass is 291 g/mol. The largest absolute Gasteiger partial charge is 0.326 e. The van der Waals surface area contributed by atoms with E-state index in [0.717, 1.165) is 5.56 Å². The van der Waals surface area contributed by atoms with E-state index < -0.39 is 10.0 Å². The van der Waals surface area contributed by atoms with E-state index in [4.69, 9.17) is 5.73 Å². The fourth-order valence-corrected chi connectivity index (χ4v) is 3.29. The second-order valence-electron chi connectivity index (χ2n) is 4.46. The third-order valence-electron chi connectivity index (χ3n) is 3.09. The van der Waals surface area contributed by atoms with Crippen molar-refractivity contribution in [3.8, 4) is 0 Å². The molecule has 0 saturated heterocycles. The highest BCUT2D eigenvalue weighted by molar-refractivity contribution is 7.92. The van der Waals surface area contributed by atoms with E-state index in [1.807, 2.05) is 0 Å². The average Bonchev–Trinajstić information content (AvgIpc) is 2.46. The minimum absolute atomic E-state index is 0.267. The highest BCUT2D eigenvalue weighted by atomic mass is 32.2. The molecular weight excluding hydrogens is 274 g/mol. The Labute approximate surface area is 119 Å². The first-order valence-electron chi connectivity index (χ1n) is 6.16. The Morgan fingerprint density at radius 1 is 1.25 bits per heavy atom. The highest BCUT2D eigenvalue weighted by Gasteiger charge is 2.23. The summed E-state index contributed by atoms with van der Waals surface area (Å²) >= 11 is 0. The number of sulfonamides is 1. The van der Waals surface area contributed by atoms with Gasteiger partial charge in [0.05, 0.1) is 4.90 Å². The van der Waals surface area contributed by atoms with Gasteiger partial charge in [-0.05, 0) is 36.2 Å². The Bertz CT molecular complexity index is 700. The van der Waals surface area contributed by atoms with Crippen LogP contribution in [0.15, 0.2) is 47.5 Å². The molecule has 1 aromatic heterocycles. The van der Waals surface area contributed by atoms with Crippen molar-refractivity contribution < 1.29 is 8.42 Å². The second kappa shape index (κ2) is 5.60. The van der Waals surface area contributed by atoms with E-state index in [1.54, 1.807) is 49.5 Å². The molecule has 5 nitrogen and oxygen atoms in total. The molecule has 106 valence electrons. The maximum atomic E-state index is 12.6. The predicted octanol–water partition coefficient (Wildman–Crippen LogP) is 1.67. The molecule has 0 bridgehead atoms. The zero-order valence-corrected chi connectivity index (χ0v) is 12.3. The molecular formula is C14H17N3O2S. The van der Waals surface area contributed by atoms with Crippen LogP contribution in [0.2, 0.25) is 0 Å². The fraction of sp³-hybridized carbons (Fsp3) is 0.214. The van der Waals surface area contributed by atoms with Crippen LogP contribution in [0.1, 0.15) is 11.1 Å². The standard InChI is InChI=1S/C14H17N3O2S/c1-11-9-12(10-15)6-7-13(11)20(18,19)17(2)14-5-3-4-8-16-14/h3-9H,10,15H2,1-2H3.